The van der Waals surface area contributed by atoms with E-state index in [0.717, 1.165) is 0 Å². The number of carbonyl (C=O) groups excluding carboxylic acids is 3. The van der Waals surface area contributed by atoms with Gasteiger partial charge in [0.05, 0.1) is 0 Å². The molecule has 0 atom stereocenters. The molecule has 0 radical (unpaired) electrons. The Balaban J connectivity index is -0.00000000827. The molecule has 10 N–H and O–H groups in total. The Labute approximate surface area is 121 Å². The van der Waals surface area contributed by atoms with Crippen LogP contribution in [0.4, 0.5) is 14.4 Å². The van der Waals surface area contributed by atoms with Gasteiger partial charge in [-0.25, -0.2) is 0 Å². The molecule has 0 unspecified atom stereocenters. The van der Waals surface area contributed by atoms with Crippen LogP contribution in [0.1, 0.15) is 0 Å². The van der Waals surface area contributed by atoms with Gasteiger partial charge in [-0.3, -0.25) is 0 Å². The topological polar surface area (TPSA) is 347 Å². The first-order valence-electron chi connectivity index (χ1n) is 1.84. The third-order valence-corrected chi connectivity index (χ3v) is 0. The molecule has 112 valence electrons. The first-order chi connectivity index (χ1) is 5.20. The van der Waals surface area contributed by atoms with Crippen LogP contribution in [-0.2, 0) is 0 Å². The molecule has 18 heavy (non-hydrogen) atoms. The van der Waals surface area contributed by atoms with Crippen molar-refractivity contribution in [2.75, 3.05) is 0 Å². The van der Waals surface area contributed by atoms with E-state index in [1.807, 2.05) is 0 Å². The van der Waals surface area contributed by atoms with Gasteiger partial charge < -0.3 is 72.4 Å². The van der Waals surface area contributed by atoms with Gasteiger partial charge in [-0.15, -0.1) is 0 Å². The predicted molar refractivity (Wildman–Crippen MR) is 34.3 cm³/mol. The summed E-state index contributed by atoms with van der Waals surface area (Å²) >= 11 is 0. The van der Waals surface area contributed by atoms with E-state index in [1.165, 1.54) is 0 Å². The van der Waals surface area contributed by atoms with Crippen molar-refractivity contribution in [3.8, 4) is 0 Å². The van der Waals surface area contributed by atoms with Crippen LogP contribution in [-0.4, -0.2) is 45.8 Å². The van der Waals surface area contributed by atoms with E-state index in [1.54, 1.807) is 0 Å². The molecule has 0 saturated carbocycles. The van der Waals surface area contributed by atoms with Crippen molar-refractivity contribution in [2.45, 2.75) is 0 Å². The fourth-order valence-electron chi connectivity index (χ4n) is 0. The minimum absolute atomic E-state index is 0. The van der Waals surface area contributed by atoms with Gasteiger partial charge in [0.25, 0.3) is 0 Å². The molecule has 0 aliphatic heterocycles. The zero-order valence-corrected chi connectivity index (χ0v) is 10.7. The number of hydrogen-bond acceptors (Lipinski definition) is 9. The average molecular weight is 293 g/mol. The summed E-state index contributed by atoms with van der Waals surface area (Å²) in [4.78, 5) is 25.0. The first-order valence-corrected chi connectivity index (χ1v) is 1.84. The maximum Gasteiger partial charge on any atom is 1.00 e. The van der Waals surface area contributed by atoms with Crippen molar-refractivity contribution in [3.05, 3.63) is 0 Å². The van der Waals surface area contributed by atoms with Gasteiger partial charge in [0.1, 0.15) is 0 Å². The minimum Gasteiger partial charge on any atom is -0.652 e. The van der Waals surface area contributed by atoms with E-state index in [2.05, 4.69) is 0 Å². The Morgan fingerprint density at radius 1 is 0.444 bits per heavy atom. The standard InChI is InChI=1S/3CH2O3.Na.5H2O/c3*2-1(3)4;;;;;;/h3*(H2,2,3,4);;5*1H2/q;;;+1;;;;;/p-6. The third kappa shape index (κ3) is 1400. The Kier molecular flexibility index (Phi) is 223. The fourth-order valence-corrected chi connectivity index (χ4v) is 0. The van der Waals surface area contributed by atoms with Gasteiger partial charge in [0.15, 0.2) is 0 Å². The zero-order valence-electron chi connectivity index (χ0n) is 8.67. The number of rotatable bonds is 0. The number of carbonyl (C=O) groups is 3. The predicted octanol–water partition coefficient (Wildman–Crippen LogP) is -14.5. The van der Waals surface area contributed by atoms with Crippen molar-refractivity contribution >= 4 is 18.5 Å². The molecule has 0 bridgehead atoms. The molecule has 0 aromatic heterocycles. The molecule has 0 saturated heterocycles. The van der Waals surface area contributed by atoms with E-state index in [9.17, 15) is 0 Å². The third-order valence-electron chi connectivity index (χ3n) is 0. The van der Waals surface area contributed by atoms with Crippen LogP contribution in [0.3, 0.4) is 0 Å². The Bertz CT molecular complexity index is 115. The van der Waals surface area contributed by atoms with Crippen LogP contribution >= 0.6 is 0 Å². The van der Waals surface area contributed by atoms with Crippen LogP contribution < -0.4 is 60.2 Å². The van der Waals surface area contributed by atoms with Gasteiger partial charge >= 0.3 is 29.6 Å². The molecule has 0 aromatic rings. The maximum absolute atomic E-state index is 8.33. The summed E-state index contributed by atoms with van der Waals surface area (Å²) in [7, 11) is 0. The van der Waals surface area contributed by atoms with E-state index >= 15 is 0 Å². The van der Waals surface area contributed by atoms with Gasteiger partial charge in [-0.05, 0) is 18.5 Å². The van der Waals surface area contributed by atoms with Crippen LogP contribution in [0.15, 0.2) is 0 Å². The second-order valence-electron chi connectivity index (χ2n) is 0.750. The van der Waals surface area contributed by atoms with Crippen LogP contribution in [0.25, 0.3) is 0 Å². The Morgan fingerprint density at radius 2 is 0.444 bits per heavy atom. The summed E-state index contributed by atoms with van der Waals surface area (Å²) in [5.41, 5.74) is 0. The van der Waals surface area contributed by atoms with Crippen molar-refractivity contribution in [1.29, 1.82) is 0 Å². The molecule has 0 aliphatic carbocycles. The Hall–Kier alpha value is -1.39. The molecule has 15 heteroatoms. The van der Waals surface area contributed by atoms with Crippen LogP contribution in [0.5, 0.6) is 0 Å². The van der Waals surface area contributed by atoms with E-state index in [-0.39, 0.29) is 56.9 Å². The Morgan fingerprint density at radius 3 is 0.444 bits per heavy atom. The molecule has 0 rings (SSSR count). The summed E-state index contributed by atoms with van der Waals surface area (Å²) in [5, 5.41) is 50.0. The summed E-state index contributed by atoms with van der Waals surface area (Å²) in [5.74, 6) is 0. The van der Waals surface area contributed by atoms with Crippen LogP contribution in [0.2, 0.25) is 0 Å². The van der Waals surface area contributed by atoms with Gasteiger partial charge in [-0.2, -0.15) is 0 Å². The molecule has 0 heterocycles. The van der Waals surface area contributed by atoms with E-state index < -0.39 is 18.5 Å². The second-order valence-corrected chi connectivity index (χ2v) is 0.750. The maximum atomic E-state index is 8.33. The van der Waals surface area contributed by atoms with Crippen molar-refractivity contribution in [3.63, 3.8) is 0 Å². The molecule has 0 amide bonds. The summed E-state index contributed by atoms with van der Waals surface area (Å²) < 4.78 is 0. The van der Waals surface area contributed by atoms with Crippen molar-refractivity contribution < 1.29 is 102 Å². The fraction of sp³-hybridized carbons (Fsp3) is 0. The van der Waals surface area contributed by atoms with E-state index in [4.69, 9.17) is 45.0 Å². The monoisotopic (exact) mass is 293 g/mol. The minimum atomic E-state index is -2.33. The normalized spacial score (nSPS) is 4.00. The first kappa shape index (κ1) is 69.9. The van der Waals surface area contributed by atoms with Gasteiger partial charge in [0.2, 0.25) is 0 Å². The largest absolute Gasteiger partial charge is 1.00 e. The van der Waals surface area contributed by atoms with Crippen molar-refractivity contribution in [2.24, 2.45) is 0 Å². The van der Waals surface area contributed by atoms with E-state index in [0.29, 0.717) is 0 Å². The van der Waals surface area contributed by atoms with Crippen LogP contribution in [0, 0.1) is 0 Å². The van der Waals surface area contributed by atoms with Crippen molar-refractivity contribution in [1.82, 2.24) is 0 Å². The summed E-state index contributed by atoms with van der Waals surface area (Å²) in [6.07, 6.45) is -7.00. The molecule has 0 aliphatic rings. The average Bonchev–Trinajstić information content (AvgIpc) is 1.54. The second kappa shape index (κ2) is 57.5. The molecule has 0 aromatic carbocycles. The molecule has 14 nitrogen and oxygen atoms in total. The molecule has 0 spiro atoms. The molecular formula is C3H10NaO14-5. The smallest absolute Gasteiger partial charge is 0.652 e. The quantitative estimate of drug-likeness (QED) is 0.381. The molecule has 0 fully saturated rings. The molecular weight excluding hydrogens is 283 g/mol. The van der Waals surface area contributed by atoms with Gasteiger partial charge in [0, 0.05) is 0 Å². The van der Waals surface area contributed by atoms with Gasteiger partial charge in [-0.1, -0.05) is 0 Å². The number of carboxylic acid groups (broad SMARTS) is 6. The number of hydrogen-bond donors (Lipinski definition) is 0. The summed E-state index contributed by atoms with van der Waals surface area (Å²) in [6.45, 7) is 0. The zero-order chi connectivity index (χ0) is 10.7. The SMILES string of the molecule is O.O.O.O.O.O=C([O-])[O-].O=C([O-])[O-].O=C([O-])[O-].[Na+]. The summed E-state index contributed by atoms with van der Waals surface area (Å²) in [6, 6.07) is 0.